The maximum Gasteiger partial charge on any atom is 0.0470 e. The Kier molecular flexibility index (Phi) is 6.02. The molecule has 4 heteroatoms. The Hall–Kier alpha value is -0.0300. The summed E-state index contributed by atoms with van der Waals surface area (Å²) in [4.78, 5) is 1.39. The molecule has 0 heterocycles. The minimum absolute atomic E-state index is 0.760. The van der Waals surface area contributed by atoms with Crippen molar-refractivity contribution in [3.8, 4) is 0 Å². The predicted molar refractivity (Wildman–Crippen MR) is 81.2 cm³/mol. The van der Waals surface area contributed by atoms with E-state index in [1.807, 2.05) is 11.8 Å². The van der Waals surface area contributed by atoms with Crippen LogP contribution in [0.15, 0.2) is 27.6 Å². The summed E-state index contributed by atoms with van der Waals surface area (Å²) in [6.45, 7) is 1.83. The van der Waals surface area contributed by atoms with Crippen LogP contribution in [0.2, 0.25) is 0 Å². The van der Waals surface area contributed by atoms with Gasteiger partial charge in [0.2, 0.25) is 0 Å². The van der Waals surface area contributed by atoms with Crippen molar-refractivity contribution in [1.82, 2.24) is 5.32 Å². The van der Waals surface area contributed by atoms with E-state index in [4.69, 9.17) is 4.74 Å². The maximum atomic E-state index is 5.08. The molecule has 2 rings (SSSR count). The summed E-state index contributed by atoms with van der Waals surface area (Å²) >= 11 is 5.48. The topological polar surface area (TPSA) is 21.3 Å². The number of rotatable bonds is 8. The second-order valence-corrected chi connectivity index (χ2v) is 6.65. The van der Waals surface area contributed by atoms with Gasteiger partial charge in [-0.15, -0.1) is 11.8 Å². The van der Waals surface area contributed by atoms with Crippen LogP contribution < -0.4 is 5.32 Å². The van der Waals surface area contributed by atoms with Gasteiger partial charge in [0.15, 0.2) is 0 Å². The van der Waals surface area contributed by atoms with Crippen molar-refractivity contribution in [2.24, 2.45) is 0 Å². The molecule has 1 fully saturated rings. The molecule has 0 aromatic heterocycles. The van der Waals surface area contributed by atoms with E-state index in [1.165, 1.54) is 23.3 Å². The molecule has 0 aliphatic heterocycles. The van der Waals surface area contributed by atoms with Crippen LogP contribution in [0.5, 0.6) is 0 Å². The zero-order valence-electron chi connectivity index (χ0n) is 10.7. The van der Waals surface area contributed by atoms with Crippen molar-refractivity contribution in [3.63, 3.8) is 0 Å². The number of hydrogen-bond acceptors (Lipinski definition) is 3. The highest BCUT2D eigenvalue weighted by Crippen LogP contribution is 2.28. The summed E-state index contributed by atoms with van der Waals surface area (Å²) < 4.78 is 6.25. The molecule has 1 aromatic rings. The van der Waals surface area contributed by atoms with Gasteiger partial charge in [0.1, 0.15) is 0 Å². The van der Waals surface area contributed by atoms with E-state index >= 15 is 0 Å². The fraction of sp³-hybridized carbons (Fsp3) is 0.571. The van der Waals surface area contributed by atoms with Crippen LogP contribution in [0.1, 0.15) is 24.8 Å². The lowest BCUT2D eigenvalue weighted by atomic mass is 10.2. The van der Waals surface area contributed by atoms with Crippen LogP contribution in [0, 0.1) is 0 Å². The smallest absolute Gasteiger partial charge is 0.0470 e. The van der Waals surface area contributed by atoms with Crippen LogP contribution in [0.4, 0.5) is 0 Å². The normalized spacial score (nSPS) is 15.0. The van der Waals surface area contributed by atoms with Gasteiger partial charge in [-0.25, -0.2) is 0 Å². The molecule has 0 amide bonds. The highest BCUT2D eigenvalue weighted by atomic mass is 79.9. The van der Waals surface area contributed by atoms with Gasteiger partial charge in [-0.1, -0.05) is 15.9 Å². The van der Waals surface area contributed by atoms with Crippen molar-refractivity contribution in [1.29, 1.82) is 0 Å². The van der Waals surface area contributed by atoms with E-state index in [1.54, 1.807) is 7.11 Å². The van der Waals surface area contributed by atoms with Gasteiger partial charge in [0, 0.05) is 41.4 Å². The Morgan fingerprint density at radius 1 is 1.44 bits per heavy atom. The van der Waals surface area contributed by atoms with Crippen LogP contribution in [0.3, 0.4) is 0 Å². The first-order chi connectivity index (χ1) is 8.79. The second kappa shape index (κ2) is 7.53. The van der Waals surface area contributed by atoms with Gasteiger partial charge < -0.3 is 10.1 Å². The zero-order chi connectivity index (χ0) is 12.8. The Balaban J connectivity index is 1.88. The SMILES string of the molecule is COCCCSc1ccc(Br)cc1CNC1CC1. The molecule has 0 radical (unpaired) electrons. The highest BCUT2D eigenvalue weighted by molar-refractivity contribution is 9.10. The fourth-order valence-corrected chi connectivity index (χ4v) is 3.13. The summed E-state index contributed by atoms with van der Waals surface area (Å²) in [7, 11) is 1.76. The maximum absolute atomic E-state index is 5.08. The molecular formula is C14H20BrNOS. The lowest BCUT2D eigenvalue weighted by molar-refractivity contribution is 0.200. The summed E-state index contributed by atoms with van der Waals surface area (Å²) in [5, 5.41) is 3.58. The third kappa shape index (κ3) is 4.92. The molecule has 0 bridgehead atoms. The largest absolute Gasteiger partial charge is 0.385 e. The molecule has 1 N–H and O–H groups in total. The molecule has 1 aliphatic carbocycles. The number of halogens is 1. The summed E-state index contributed by atoms with van der Waals surface area (Å²) in [6.07, 6.45) is 3.78. The van der Waals surface area contributed by atoms with Crippen molar-refractivity contribution < 1.29 is 4.74 Å². The lowest BCUT2D eigenvalue weighted by Gasteiger charge is -2.10. The molecule has 2 nitrogen and oxygen atoms in total. The highest BCUT2D eigenvalue weighted by Gasteiger charge is 2.20. The van der Waals surface area contributed by atoms with E-state index in [-0.39, 0.29) is 0 Å². The molecule has 0 atom stereocenters. The molecule has 0 spiro atoms. The lowest BCUT2D eigenvalue weighted by Crippen LogP contribution is -2.15. The Bertz CT molecular complexity index is 382. The van der Waals surface area contributed by atoms with Crippen LogP contribution in [-0.4, -0.2) is 25.5 Å². The van der Waals surface area contributed by atoms with Crippen molar-refractivity contribution in [3.05, 3.63) is 28.2 Å². The van der Waals surface area contributed by atoms with Crippen molar-refractivity contribution >= 4 is 27.7 Å². The quantitative estimate of drug-likeness (QED) is 0.578. The van der Waals surface area contributed by atoms with Gasteiger partial charge in [-0.2, -0.15) is 0 Å². The van der Waals surface area contributed by atoms with Crippen molar-refractivity contribution in [2.45, 2.75) is 36.7 Å². The van der Waals surface area contributed by atoms with Crippen LogP contribution >= 0.6 is 27.7 Å². The number of hydrogen-bond donors (Lipinski definition) is 1. The van der Waals surface area contributed by atoms with Gasteiger partial charge in [-0.05, 0) is 43.0 Å². The molecule has 1 aliphatic rings. The number of thioether (sulfide) groups is 1. The zero-order valence-corrected chi connectivity index (χ0v) is 13.1. The monoisotopic (exact) mass is 329 g/mol. The van der Waals surface area contributed by atoms with Gasteiger partial charge in [0.05, 0.1) is 0 Å². The third-order valence-electron chi connectivity index (χ3n) is 2.93. The summed E-state index contributed by atoms with van der Waals surface area (Å²) in [5.74, 6) is 1.12. The minimum Gasteiger partial charge on any atom is -0.385 e. The Morgan fingerprint density at radius 3 is 3.00 bits per heavy atom. The minimum atomic E-state index is 0.760. The van der Waals surface area contributed by atoms with Crippen LogP contribution in [-0.2, 0) is 11.3 Å². The number of benzene rings is 1. The predicted octanol–water partition coefficient (Wildman–Crippen LogP) is 3.83. The van der Waals surface area contributed by atoms with Gasteiger partial charge >= 0.3 is 0 Å². The second-order valence-electron chi connectivity index (χ2n) is 4.60. The fourth-order valence-electron chi connectivity index (χ4n) is 1.75. The average molecular weight is 330 g/mol. The van der Waals surface area contributed by atoms with E-state index in [0.29, 0.717) is 0 Å². The molecule has 0 saturated heterocycles. The van der Waals surface area contributed by atoms with Gasteiger partial charge in [-0.3, -0.25) is 0 Å². The molecule has 100 valence electrons. The summed E-state index contributed by atoms with van der Waals surface area (Å²) in [5.41, 5.74) is 1.40. The number of methoxy groups -OCH3 is 1. The molecule has 1 saturated carbocycles. The molecule has 18 heavy (non-hydrogen) atoms. The van der Waals surface area contributed by atoms with E-state index in [0.717, 1.165) is 35.8 Å². The first-order valence-corrected chi connectivity index (χ1v) is 8.21. The number of nitrogens with one attached hydrogen (secondary N) is 1. The Labute approximate surface area is 122 Å². The van der Waals surface area contributed by atoms with E-state index in [9.17, 15) is 0 Å². The average Bonchev–Trinajstić information content (AvgIpc) is 3.18. The molecule has 0 unspecified atom stereocenters. The first kappa shape index (κ1) is 14.4. The van der Waals surface area contributed by atoms with E-state index < -0.39 is 0 Å². The molecule has 1 aromatic carbocycles. The van der Waals surface area contributed by atoms with Gasteiger partial charge in [0.25, 0.3) is 0 Å². The standard InChI is InChI=1S/C14H20BrNOS/c1-17-7-2-8-18-14-6-3-12(15)9-11(14)10-16-13-4-5-13/h3,6,9,13,16H,2,4-5,7-8,10H2,1H3. The van der Waals surface area contributed by atoms with Crippen molar-refractivity contribution in [2.75, 3.05) is 19.5 Å². The van der Waals surface area contributed by atoms with E-state index in [2.05, 4.69) is 39.4 Å². The Morgan fingerprint density at radius 2 is 2.28 bits per heavy atom. The summed E-state index contributed by atoms with van der Waals surface area (Å²) in [6, 6.07) is 7.33. The number of ether oxygens (including phenoxy) is 1. The first-order valence-electron chi connectivity index (χ1n) is 6.43. The third-order valence-corrected chi connectivity index (χ3v) is 4.63. The molecular weight excluding hydrogens is 310 g/mol. The van der Waals surface area contributed by atoms with Crippen LogP contribution in [0.25, 0.3) is 0 Å².